The molecule has 0 saturated carbocycles. The van der Waals surface area contributed by atoms with Gasteiger partial charge in [0.25, 0.3) is 0 Å². The molecule has 1 amide bonds. The molecule has 4 nitrogen and oxygen atoms in total. The Bertz CT molecular complexity index is 925. The molecule has 146 valence electrons. The topological polar surface area (TPSA) is 55.4 Å². The number of hydrogen-bond acceptors (Lipinski definition) is 3. The third kappa shape index (κ3) is 5.42. The normalized spacial score (nSPS) is 11.2. The molecule has 1 N–H and O–H groups in total. The van der Waals surface area contributed by atoms with E-state index in [-0.39, 0.29) is 0 Å². The van der Waals surface area contributed by atoms with Crippen molar-refractivity contribution in [1.29, 1.82) is 0 Å². The second-order valence-electron chi connectivity index (χ2n) is 6.52. The van der Waals surface area contributed by atoms with Gasteiger partial charge in [0.05, 0.1) is 7.11 Å². The molecule has 1 unspecified atom stereocenters. The quantitative estimate of drug-likeness (QED) is 0.489. The second-order valence-corrected chi connectivity index (χ2v) is 6.52. The van der Waals surface area contributed by atoms with E-state index in [1.807, 2.05) is 91.0 Å². The molecule has 0 aliphatic rings. The molecule has 0 heterocycles. The number of nitrogens with one attached hydrogen (secondary N) is 1. The second kappa shape index (κ2) is 10.0. The molecule has 0 spiro atoms. The van der Waals surface area contributed by atoms with E-state index in [2.05, 4.69) is 5.32 Å². The molecule has 29 heavy (non-hydrogen) atoms. The van der Waals surface area contributed by atoms with Gasteiger partial charge < -0.3 is 10.1 Å². The lowest BCUT2D eigenvalue weighted by atomic mass is 9.93. The number of methoxy groups -OCH3 is 1. The Balaban J connectivity index is 1.93. The van der Waals surface area contributed by atoms with Crippen LogP contribution in [0.25, 0.3) is 5.57 Å². The van der Waals surface area contributed by atoms with Crippen LogP contribution < -0.4 is 5.32 Å². The van der Waals surface area contributed by atoms with Crippen molar-refractivity contribution >= 4 is 17.4 Å². The Kier molecular flexibility index (Phi) is 6.95. The maximum atomic E-state index is 12.9. The predicted octanol–water partition coefficient (Wildman–Crippen LogP) is 4.22. The summed E-state index contributed by atoms with van der Waals surface area (Å²) in [6.45, 7) is 0.340. The average molecular weight is 385 g/mol. The molecule has 0 saturated heterocycles. The predicted molar refractivity (Wildman–Crippen MR) is 114 cm³/mol. The Morgan fingerprint density at radius 2 is 1.31 bits per heavy atom. The molecule has 0 aromatic heterocycles. The zero-order valence-corrected chi connectivity index (χ0v) is 16.2. The summed E-state index contributed by atoms with van der Waals surface area (Å²) in [6, 6.07) is 28.9. The van der Waals surface area contributed by atoms with Crippen LogP contribution in [0.5, 0.6) is 0 Å². The molecule has 3 aromatic rings. The fraction of sp³-hybridized carbons (Fsp3) is 0.120. The fourth-order valence-corrected chi connectivity index (χ4v) is 3.03. The number of amides is 1. The monoisotopic (exact) mass is 385 g/mol. The minimum atomic E-state index is -1.06. The lowest BCUT2D eigenvalue weighted by Crippen LogP contribution is -2.34. The Labute approximate surface area is 170 Å². The number of esters is 1. The van der Waals surface area contributed by atoms with Crippen molar-refractivity contribution in [3.8, 4) is 0 Å². The van der Waals surface area contributed by atoms with Crippen LogP contribution in [0.15, 0.2) is 97.1 Å². The maximum absolute atomic E-state index is 12.9. The van der Waals surface area contributed by atoms with Gasteiger partial charge in [0.15, 0.2) is 5.92 Å². The van der Waals surface area contributed by atoms with E-state index in [9.17, 15) is 9.59 Å². The van der Waals surface area contributed by atoms with Gasteiger partial charge in [0.2, 0.25) is 5.91 Å². The third-order valence-corrected chi connectivity index (χ3v) is 4.55. The maximum Gasteiger partial charge on any atom is 0.322 e. The summed E-state index contributed by atoms with van der Waals surface area (Å²) in [5.41, 5.74) is 3.60. The van der Waals surface area contributed by atoms with Gasteiger partial charge in [0, 0.05) is 6.54 Å². The zero-order valence-electron chi connectivity index (χ0n) is 16.2. The van der Waals surface area contributed by atoms with Crippen LogP contribution in [0.3, 0.4) is 0 Å². The molecule has 1 atom stereocenters. The number of ether oxygens (including phenoxy) is 1. The van der Waals surface area contributed by atoms with Crippen LogP contribution in [-0.2, 0) is 20.9 Å². The van der Waals surface area contributed by atoms with Crippen LogP contribution in [0.2, 0.25) is 0 Å². The van der Waals surface area contributed by atoms with Crippen molar-refractivity contribution in [3.63, 3.8) is 0 Å². The van der Waals surface area contributed by atoms with Gasteiger partial charge in [-0.1, -0.05) is 97.1 Å². The van der Waals surface area contributed by atoms with E-state index >= 15 is 0 Å². The molecule has 0 radical (unpaired) electrons. The standard InChI is InChI=1S/C25H23NO3/c1-29-25(28)23(24(27)26-18-19-11-5-2-6-12-19)17-22(20-13-7-3-8-14-20)21-15-9-4-10-16-21/h2-17,23H,18H2,1H3,(H,26,27). The summed E-state index contributed by atoms with van der Waals surface area (Å²) < 4.78 is 4.91. The largest absolute Gasteiger partial charge is 0.468 e. The zero-order chi connectivity index (χ0) is 20.5. The van der Waals surface area contributed by atoms with E-state index in [0.29, 0.717) is 6.54 Å². The lowest BCUT2D eigenvalue weighted by molar-refractivity contribution is -0.147. The van der Waals surface area contributed by atoms with E-state index in [1.165, 1.54) is 7.11 Å². The van der Waals surface area contributed by atoms with E-state index in [1.54, 1.807) is 6.08 Å². The highest BCUT2D eigenvalue weighted by molar-refractivity contribution is 6.02. The molecule has 0 aliphatic carbocycles. The van der Waals surface area contributed by atoms with Crippen molar-refractivity contribution in [2.45, 2.75) is 6.54 Å². The number of carbonyl (C=O) groups excluding carboxylic acids is 2. The van der Waals surface area contributed by atoms with Crippen molar-refractivity contribution in [2.75, 3.05) is 7.11 Å². The number of rotatable bonds is 7. The van der Waals surface area contributed by atoms with Crippen molar-refractivity contribution in [1.82, 2.24) is 5.32 Å². The first-order chi connectivity index (χ1) is 14.2. The first-order valence-electron chi connectivity index (χ1n) is 9.41. The van der Waals surface area contributed by atoms with E-state index < -0.39 is 17.8 Å². The lowest BCUT2D eigenvalue weighted by Gasteiger charge is -2.15. The van der Waals surface area contributed by atoms with Gasteiger partial charge in [-0.2, -0.15) is 0 Å². The van der Waals surface area contributed by atoms with E-state index in [4.69, 9.17) is 4.74 Å². The molecule has 0 aliphatic heterocycles. The minimum absolute atomic E-state index is 0.340. The van der Waals surface area contributed by atoms with Crippen LogP contribution in [-0.4, -0.2) is 19.0 Å². The van der Waals surface area contributed by atoms with Crippen LogP contribution in [0.4, 0.5) is 0 Å². The first kappa shape index (κ1) is 20.1. The molecular formula is C25H23NO3. The summed E-state index contributed by atoms with van der Waals surface area (Å²) in [5.74, 6) is -2.05. The van der Waals surface area contributed by atoms with Crippen LogP contribution in [0, 0.1) is 5.92 Å². The van der Waals surface area contributed by atoms with Gasteiger partial charge in [-0.05, 0) is 22.3 Å². The SMILES string of the molecule is COC(=O)C(C=C(c1ccccc1)c1ccccc1)C(=O)NCc1ccccc1. The van der Waals surface area contributed by atoms with Crippen LogP contribution >= 0.6 is 0 Å². The van der Waals surface area contributed by atoms with Crippen molar-refractivity contribution in [3.05, 3.63) is 114 Å². The molecule has 3 aromatic carbocycles. The molecule has 0 bridgehead atoms. The molecule has 4 heteroatoms. The Morgan fingerprint density at radius 1 is 0.828 bits per heavy atom. The third-order valence-electron chi connectivity index (χ3n) is 4.55. The van der Waals surface area contributed by atoms with Gasteiger partial charge in [-0.15, -0.1) is 0 Å². The van der Waals surface area contributed by atoms with Gasteiger partial charge in [0.1, 0.15) is 0 Å². The van der Waals surface area contributed by atoms with Gasteiger partial charge in [-0.25, -0.2) is 0 Å². The van der Waals surface area contributed by atoms with E-state index in [0.717, 1.165) is 22.3 Å². The summed E-state index contributed by atoms with van der Waals surface area (Å²) in [5, 5.41) is 2.84. The fourth-order valence-electron chi connectivity index (χ4n) is 3.03. The van der Waals surface area contributed by atoms with Crippen molar-refractivity contribution < 1.29 is 14.3 Å². The van der Waals surface area contributed by atoms with Gasteiger partial charge >= 0.3 is 5.97 Å². The highest BCUT2D eigenvalue weighted by Crippen LogP contribution is 2.25. The van der Waals surface area contributed by atoms with Gasteiger partial charge in [-0.3, -0.25) is 9.59 Å². The highest BCUT2D eigenvalue weighted by atomic mass is 16.5. The highest BCUT2D eigenvalue weighted by Gasteiger charge is 2.26. The molecule has 0 fully saturated rings. The summed E-state index contributed by atoms with van der Waals surface area (Å²) in [7, 11) is 1.29. The average Bonchev–Trinajstić information content (AvgIpc) is 2.79. The summed E-state index contributed by atoms with van der Waals surface area (Å²) >= 11 is 0. The summed E-state index contributed by atoms with van der Waals surface area (Å²) in [4.78, 5) is 25.3. The summed E-state index contributed by atoms with van der Waals surface area (Å²) in [6.07, 6.45) is 1.68. The van der Waals surface area contributed by atoms with Crippen LogP contribution in [0.1, 0.15) is 16.7 Å². The molecular weight excluding hydrogens is 362 g/mol. The van der Waals surface area contributed by atoms with Crippen molar-refractivity contribution in [2.24, 2.45) is 5.92 Å². The molecule has 3 rings (SSSR count). The number of benzene rings is 3. The minimum Gasteiger partial charge on any atom is -0.468 e. The number of hydrogen-bond donors (Lipinski definition) is 1. The first-order valence-corrected chi connectivity index (χ1v) is 9.41. The smallest absolute Gasteiger partial charge is 0.322 e. The Hall–Kier alpha value is -3.66. The number of carbonyl (C=O) groups is 2. The Morgan fingerprint density at radius 3 is 1.79 bits per heavy atom.